The maximum Gasteiger partial charge on any atom is 0.207 e. The van der Waals surface area contributed by atoms with E-state index in [1.807, 2.05) is 6.92 Å². The number of nitrogens with one attached hydrogen (secondary N) is 1. The second-order valence-corrected chi connectivity index (χ2v) is 5.04. The molecular formula is C12H14N4S. The molecule has 2 aromatic rings. The van der Waals surface area contributed by atoms with Gasteiger partial charge in [0.25, 0.3) is 0 Å². The molecule has 0 unspecified atom stereocenters. The van der Waals surface area contributed by atoms with E-state index in [-0.39, 0.29) is 0 Å². The number of hydrogen-bond donors (Lipinski definition) is 1. The smallest absolute Gasteiger partial charge is 0.207 e. The average molecular weight is 246 g/mol. The summed E-state index contributed by atoms with van der Waals surface area (Å²) in [5.74, 6) is 0.816. The normalized spacial score (nSPS) is 13.9. The molecular weight excluding hydrogens is 232 g/mol. The highest BCUT2D eigenvalue weighted by Gasteiger charge is 2.15. The molecule has 1 aromatic heterocycles. The quantitative estimate of drug-likeness (QED) is 0.884. The predicted molar refractivity (Wildman–Crippen MR) is 71.3 cm³/mol. The maximum absolute atomic E-state index is 4.30. The van der Waals surface area contributed by atoms with Gasteiger partial charge in [0.2, 0.25) is 5.13 Å². The summed E-state index contributed by atoms with van der Waals surface area (Å²) < 4.78 is 4.16. The molecule has 2 heterocycles. The summed E-state index contributed by atoms with van der Waals surface area (Å²) in [6, 6.07) is 6.48. The van der Waals surface area contributed by atoms with Gasteiger partial charge in [0.1, 0.15) is 5.82 Å². The summed E-state index contributed by atoms with van der Waals surface area (Å²) >= 11 is 1.39. The molecule has 0 spiro atoms. The minimum Gasteiger partial charge on any atom is -0.374 e. The lowest BCUT2D eigenvalue weighted by atomic mass is 10.1. The third-order valence-corrected chi connectivity index (χ3v) is 3.71. The first-order chi connectivity index (χ1) is 8.22. The number of benzene rings is 1. The number of anilines is 3. The van der Waals surface area contributed by atoms with Gasteiger partial charge in [0.05, 0.1) is 0 Å². The zero-order valence-electron chi connectivity index (χ0n) is 9.90. The topological polar surface area (TPSA) is 41.1 Å². The lowest BCUT2D eigenvalue weighted by molar-refractivity contribution is 0.956. The minimum atomic E-state index is 0.816. The fourth-order valence-corrected chi connectivity index (χ4v) is 2.68. The standard InChI is InChI=1S/C12H14N4S/c1-8-13-12(17-15-8)14-10-4-3-9-5-6-16(2)11(9)7-10/h3-4,7H,5-6H2,1-2H3,(H,13,14,15). The number of aromatic nitrogens is 2. The molecule has 0 amide bonds. The second-order valence-electron chi connectivity index (χ2n) is 4.29. The summed E-state index contributed by atoms with van der Waals surface area (Å²) in [4.78, 5) is 6.58. The molecule has 0 saturated heterocycles. The van der Waals surface area contributed by atoms with Crippen LogP contribution >= 0.6 is 11.5 Å². The van der Waals surface area contributed by atoms with Crippen molar-refractivity contribution in [3.05, 3.63) is 29.6 Å². The van der Waals surface area contributed by atoms with Crippen LogP contribution in [0.2, 0.25) is 0 Å². The Morgan fingerprint density at radius 3 is 3.06 bits per heavy atom. The minimum absolute atomic E-state index is 0.816. The van der Waals surface area contributed by atoms with Crippen LogP contribution in [0.25, 0.3) is 0 Å². The van der Waals surface area contributed by atoms with Crippen molar-refractivity contribution in [3.8, 4) is 0 Å². The summed E-state index contributed by atoms with van der Waals surface area (Å²) in [5, 5.41) is 4.14. The van der Waals surface area contributed by atoms with Crippen molar-refractivity contribution in [3.63, 3.8) is 0 Å². The van der Waals surface area contributed by atoms with Gasteiger partial charge in [0, 0.05) is 36.5 Å². The molecule has 0 fully saturated rings. The molecule has 0 saturated carbocycles. The fraction of sp³-hybridized carbons (Fsp3) is 0.333. The molecule has 88 valence electrons. The molecule has 1 aliphatic heterocycles. The van der Waals surface area contributed by atoms with E-state index in [1.165, 1.54) is 22.8 Å². The fourth-order valence-electron chi connectivity index (χ4n) is 2.09. The van der Waals surface area contributed by atoms with Crippen LogP contribution in [0.4, 0.5) is 16.5 Å². The van der Waals surface area contributed by atoms with Gasteiger partial charge in [-0.15, -0.1) is 0 Å². The number of likely N-dealkylation sites (N-methyl/N-ethyl adjacent to an activating group) is 1. The highest BCUT2D eigenvalue weighted by atomic mass is 32.1. The molecule has 0 atom stereocenters. The van der Waals surface area contributed by atoms with Crippen LogP contribution in [0, 0.1) is 6.92 Å². The van der Waals surface area contributed by atoms with Gasteiger partial charge >= 0.3 is 0 Å². The molecule has 1 aromatic carbocycles. The largest absolute Gasteiger partial charge is 0.374 e. The Hall–Kier alpha value is -1.62. The summed E-state index contributed by atoms with van der Waals surface area (Å²) in [6.07, 6.45) is 1.14. The maximum atomic E-state index is 4.30. The monoisotopic (exact) mass is 246 g/mol. The second kappa shape index (κ2) is 4.00. The number of fused-ring (bicyclic) bond motifs is 1. The Kier molecular flexibility index (Phi) is 2.48. The SMILES string of the molecule is Cc1nsc(Nc2ccc3c(c2)N(C)CC3)n1. The van der Waals surface area contributed by atoms with Gasteiger partial charge in [-0.05, 0) is 31.0 Å². The van der Waals surface area contributed by atoms with Crippen LogP contribution in [-0.2, 0) is 6.42 Å². The van der Waals surface area contributed by atoms with Crippen molar-refractivity contribution in [2.24, 2.45) is 0 Å². The number of rotatable bonds is 2. The molecule has 0 radical (unpaired) electrons. The third kappa shape index (κ3) is 1.98. The lowest BCUT2D eigenvalue weighted by Gasteiger charge is -2.13. The van der Waals surface area contributed by atoms with E-state index in [0.717, 1.165) is 29.6 Å². The summed E-state index contributed by atoms with van der Waals surface area (Å²) in [6.45, 7) is 3.01. The van der Waals surface area contributed by atoms with Gasteiger partial charge < -0.3 is 10.2 Å². The van der Waals surface area contributed by atoms with Gasteiger partial charge in [-0.3, -0.25) is 0 Å². The first kappa shape index (κ1) is 10.5. The molecule has 17 heavy (non-hydrogen) atoms. The highest BCUT2D eigenvalue weighted by molar-refractivity contribution is 7.09. The molecule has 5 heteroatoms. The lowest BCUT2D eigenvalue weighted by Crippen LogP contribution is -2.12. The van der Waals surface area contributed by atoms with Crippen molar-refractivity contribution in [1.82, 2.24) is 9.36 Å². The average Bonchev–Trinajstić information content (AvgIpc) is 2.87. The van der Waals surface area contributed by atoms with E-state index in [0.29, 0.717) is 0 Å². The molecule has 4 nitrogen and oxygen atoms in total. The third-order valence-electron chi connectivity index (χ3n) is 2.99. The van der Waals surface area contributed by atoms with E-state index in [1.54, 1.807) is 0 Å². The van der Waals surface area contributed by atoms with E-state index in [2.05, 4.69) is 44.8 Å². The van der Waals surface area contributed by atoms with Gasteiger partial charge in [0.15, 0.2) is 0 Å². The summed E-state index contributed by atoms with van der Waals surface area (Å²) in [5.41, 5.74) is 3.82. The van der Waals surface area contributed by atoms with E-state index in [9.17, 15) is 0 Å². The van der Waals surface area contributed by atoms with Crippen LogP contribution in [-0.4, -0.2) is 22.9 Å². The Bertz CT molecular complexity index is 549. The molecule has 0 aliphatic carbocycles. The Labute approximate surface area is 104 Å². The highest BCUT2D eigenvalue weighted by Crippen LogP contribution is 2.30. The Morgan fingerprint density at radius 1 is 1.41 bits per heavy atom. The number of hydrogen-bond acceptors (Lipinski definition) is 5. The van der Waals surface area contributed by atoms with Crippen molar-refractivity contribution in [2.45, 2.75) is 13.3 Å². The summed E-state index contributed by atoms with van der Waals surface area (Å²) in [7, 11) is 2.13. The first-order valence-corrected chi connectivity index (χ1v) is 6.41. The van der Waals surface area contributed by atoms with Crippen molar-refractivity contribution in [1.29, 1.82) is 0 Å². The van der Waals surface area contributed by atoms with Crippen LogP contribution in [0.5, 0.6) is 0 Å². The van der Waals surface area contributed by atoms with Gasteiger partial charge in [-0.1, -0.05) is 6.07 Å². The van der Waals surface area contributed by atoms with Gasteiger partial charge in [-0.25, -0.2) is 4.98 Å². The van der Waals surface area contributed by atoms with Crippen molar-refractivity contribution >= 4 is 28.0 Å². The van der Waals surface area contributed by atoms with Crippen LogP contribution < -0.4 is 10.2 Å². The molecule has 1 N–H and O–H groups in total. The number of nitrogens with zero attached hydrogens (tertiary/aromatic N) is 3. The first-order valence-electron chi connectivity index (χ1n) is 5.64. The van der Waals surface area contributed by atoms with Crippen molar-refractivity contribution in [2.75, 3.05) is 23.8 Å². The van der Waals surface area contributed by atoms with E-state index < -0.39 is 0 Å². The van der Waals surface area contributed by atoms with Crippen molar-refractivity contribution < 1.29 is 0 Å². The van der Waals surface area contributed by atoms with E-state index >= 15 is 0 Å². The Balaban J connectivity index is 1.87. The van der Waals surface area contributed by atoms with E-state index in [4.69, 9.17) is 0 Å². The van der Waals surface area contributed by atoms with Crippen LogP contribution in [0.1, 0.15) is 11.4 Å². The molecule has 1 aliphatic rings. The van der Waals surface area contributed by atoms with Crippen LogP contribution in [0.3, 0.4) is 0 Å². The Morgan fingerprint density at radius 2 is 2.29 bits per heavy atom. The zero-order valence-corrected chi connectivity index (χ0v) is 10.7. The molecule has 3 rings (SSSR count). The zero-order chi connectivity index (χ0) is 11.8. The number of aryl methyl sites for hydroxylation is 1. The van der Waals surface area contributed by atoms with Crippen LogP contribution in [0.15, 0.2) is 18.2 Å². The predicted octanol–water partition coefficient (Wildman–Crippen LogP) is 2.58. The van der Waals surface area contributed by atoms with Gasteiger partial charge in [-0.2, -0.15) is 4.37 Å². The molecule has 0 bridgehead atoms.